The fourth-order valence-corrected chi connectivity index (χ4v) is 2.68. The van der Waals surface area contributed by atoms with Gasteiger partial charge in [0.1, 0.15) is 0 Å². The molecule has 0 saturated carbocycles. The summed E-state index contributed by atoms with van der Waals surface area (Å²) >= 11 is 1.58. The molecule has 1 aromatic carbocycles. The van der Waals surface area contributed by atoms with E-state index < -0.39 is 6.04 Å². The lowest BCUT2D eigenvalue weighted by molar-refractivity contribution is 0.0937. The lowest BCUT2D eigenvalue weighted by Crippen LogP contribution is -2.31. The maximum absolute atomic E-state index is 12.2. The van der Waals surface area contributed by atoms with E-state index in [9.17, 15) is 4.79 Å². The summed E-state index contributed by atoms with van der Waals surface area (Å²) < 4.78 is 5.96. The van der Waals surface area contributed by atoms with Crippen LogP contribution in [0.1, 0.15) is 16.8 Å². The maximum atomic E-state index is 12.2. The standard InChI is InChI=1S/C13H15NO2S/c1-16-7-5-11(14)12(15)10-4-2-3-9-6-8-17-13(9)10/h2-4,6,8,11H,5,7,14H2,1H3. The van der Waals surface area contributed by atoms with E-state index in [4.69, 9.17) is 10.5 Å². The topological polar surface area (TPSA) is 52.3 Å². The van der Waals surface area contributed by atoms with Gasteiger partial charge in [-0.2, -0.15) is 0 Å². The van der Waals surface area contributed by atoms with Gasteiger partial charge in [-0.1, -0.05) is 12.1 Å². The van der Waals surface area contributed by atoms with E-state index in [1.165, 1.54) is 0 Å². The Morgan fingerprint density at radius 1 is 1.47 bits per heavy atom. The molecule has 0 aliphatic rings. The van der Waals surface area contributed by atoms with Crippen molar-refractivity contribution in [1.82, 2.24) is 0 Å². The van der Waals surface area contributed by atoms with Crippen LogP contribution in [-0.2, 0) is 4.74 Å². The molecule has 1 aromatic heterocycles. The molecule has 1 atom stereocenters. The Morgan fingerprint density at radius 3 is 3.06 bits per heavy atom. The minimum Gasteiger partial charge on any atom is -0.385 e. The van der Waals surface area contributed by atoms with E-state index in [2.05, 4.69) is 0 Å². The fourth-order valence-electron chi connectivity index (χ4n) is 1.76. The van der Waals surface area contributed by atoms with Crippen LogP contribution in [0, 0.1) is 0 Å². The minimum atomic E-state index is -0.484. The summed E-state index contributed by atoms with van der Waals surface area (Å²) in [5.41, 5.74) is 6.59. The van der Waals surface area contributed by atoms with Gasteiger partial charge >= 0.3 is 0 Å². The molecular weight excluding hydrogens is 234 g/mol. The molecule has 0 aliphatic carbocycles. The van der Waals surface area contributed by atoms with Gasteiger partial charge in [0.2, 0.25) is 0 Å². The highest BCUT2D eigenvalue weighted by Crippen LogP contribution is 2.25. The number of hydrogen-bond donors (Lipinski definition) is 1. The summed E-state index contributed by atoms with van der Waals surface area (Å²) in [6.45, 7) is 0.507. The van der Waals surface area contributed by atoms with Crippen molar-refractivity contribution in [3.05, 3.63) is 35.2 Å². The first-order chi connectivity index (χ1) is 8.24. The summed E-state index contributed by atoms with van der Waals surface area (Å²) in [5.74, 6) is -0.00454. The van der Waals surface area contributed by atoms with Gasteiger partial charge in [-0.3, -0.25) is 4.79 Å². The number of carbonyl (C=O) groups is 1. The molecule has 3 nitrogen and oxygen atoms in total. The second-order valence-corrected chi connectivity index (χ2v) is 4.81. The number of ketones is 1. The first-order valence-corrected chi connectivity index (χ1v) is 6.37. The molecule has 17 heavy (non-hydrogen) atoms. The van der Waals surface area contributed by atoms with Crippen molar-refractivity contribution in [2.24, 2.45) is 5.73 Å². The molecule has 0 radical (unpaired) electrons. The van der Waals surface area contributed by atoms with Crippen LogP contribution in [0.5, 0.6) is 0 Å². The van der Waals surface area contributed by atoms with Crippen LogP contribution in [0.15, 0.2) is 29.6 Å². The number of hydrogen-bond acceptors (Lipinski definition) is 4. The molecule has 1 heterocycles. The molecule has 90 valence electrons. The molecule has 2 rings (SSSR count). The summed E-state index contributed by atoms with van der Waals surface area (Å²) in [7, 11) is 1.61. The number of ether oxygens (including phenoxy) is 1. The third-order valence-electron chi connectivity index (χ3n) is 2.71. The predicted molar refractivity (Wildman–Crippen MR) is 70.6 cm³/mol. The lowest BCUT2D eigenvalue weighted by Gasteiger charge is -2.10. The zero-order valence-corrected chi connectivity index (χ0v) is 10.5. The van der Waals surface area contributed by atoms with E-state index in [1.807, 2.05) is 29.6 Å². The van der Waals surface area contributed by atoms with Crippen molar-refractivity contribution in [3.63, 3.8) is 0 Å². The maximum Gasteiger partial charge on any atom is 0.181 e. The number of Topliss-reactive ketones (excluding diaryl/α,β-unsaturated/α-hetero) is 1. The van der Waals surface area contributed by atoms with E-state index in [-0.39, 0.29) is 5.78 Å². The van der Waals surface area contributed by atoms with Crippen molar-refractivity contribution in [3.8, 4) is 0 Å². The molecule has 0 spiro atoms. The SMILES string of the molecule is COCCC(N)C(=O)c1cccc2ccsc12. The highest BCUT2D eigenvalue weighted by molar-refractivity contribution is 7.17. The molecule has 2 aromatic rings. The van der Waals surface area contributed by atoms with Gasteiger partial charge in [0.15, 0.2) is 5.78 Å². The first kappa shape index (κ1) is 12.2. The highest BCUT2D eigenvalue weighted by atomic mass is 32.1. The summed E-state index contributed by atoms with van der Waals surface area (Å²) in [5, 5.41) is 3.09. The van der Waals surface area contributed by atoms with Crippen LogP contribution >= 0.6 is 11.3 Å². The normalized spacial score (nSPS) is 12.8. The molecule has 0 fully saturated rings. The minimum absolute atomic E-state index is 0.00454. The molecule has 2 N–H and O–H groups in total. The number of benzene rings is 1. The second kappa shape index (κ2) is 5.40. The monoisotopic (exact) mass is 249 g/mol. The Hall–Kier alpha value is -1.23. The molecule has 1 unspecified atom stereocenters. The lowest BCUT2D eigenvalue weighted by atomic mass is 10.0. The molecule has 0 aliphatic heterocycles. The van der Waals surface area contributed by atoms with Crippen LogP contribution in [-0.4, -0.2) is 25.5 Å². The molecule has 0 bridgehead atoms. The molecule has 4 heteroatoms. The quantitative estimate of drug-likeness (QED) is 0.828. The van der Waals surface area contributed by atoms with Crippen LogP contribution < -0.4 is 5.73 Å². The number of fused-ring (bicyclic) bond motifs is 1. The van der Waals surface area contributed by atoms with Gasteiger partial charge in [-0.25, -0.2) is 0 Å². The van der Waals surface area contributed by atoms with Crippen LogP contribution in [0.3, 0.4) is 0 Å². The number of thiophene rings is 1. The predicted octanol–water partition coefficient (Wildman–Crippen LogP) is 2.45. The number of rotatable bonds is 5. The van der Waals surface area contributed by atoms with Crippen molar-refractivity contribution >= 4 is 27.2 Å². The zero-order valence-electron chi connectivity index (χ0n) is 9.68. The summed E-state index contributed by atoms with van der Waals surface area (Å²) in [4.78, 5) is 12.2. The van der Waals surface area contributed by atoms with Crippen molar-refractivity contribution in [1.29, 1.82) is 0 Å². The summed E-state index contributed by atoms with van der Waals surface area (Å²) in [6.07, 6.45) is 0.553. The van der Waals surface area contributed by atoms with E-state index in [1.54, 1.807) is 18.4 Å². The van der Waals surface area contributed by atoms with E-state index in [0.717, 1.165) is 15.6 Å². The van der Waals surface area contributed by atoms with E-state index >= 15 is 0 Å². The number of carbonyl (C=O) groups excluding carboxylic acids is 1. The van der Waals surface area contributed by atoms with E-state index in [0.29, 0.717) is 13.0 Å². The Balaban J connectivity index is 2.27. The van der Waals surface area contributed by atoms with Crippen molar-refractivity contribution in [2.45, 2.75) is 12.5 Å². The third kappa shape index (κ3) is 2.54. The summed E-state index contributed by atoms with van der Waals surface area (Å²) in [6, 6.07) is 7.27. The highest BCUT2D eigenvalue weighted by Gasteiger charge is 2.18. The average molecular weight is 249 g/mol. The smallest absolute Gasteiger partial charge is 0.181 e. The van der Waals surface area contributed by atoms with Gasteiger partial charge in [0.05, 0.1) is 6.04 Å². The Labute approximate surface area is 104 Å². The van der Waals surface area contributed by atoms with Gasteiger partial charge < -0.3 is 10.5 Å². The molecular formula is C13H15NO2S. The third-order valence-corrected chi connectivity index (χ3v) is 3.68. The van der Waals surface area contributed by atoms with Crippen molar-refractivity contribution in [2.75, 3.05) is 13.7 Å². The van der Waals surface area contributed by atoms with Crippen LogP contribution in [0.2, 0.25) is 0 Å². The number of nitrogens with two attached hydrogens (primary N) is 1. The van der Waals surface area contributed by atoms with Gasteiger partial charge in [-0.05, 0) is 29.3 Å². The van der Waals surface area contributed by atoms with Crippen molar-refractivity contribution < 1.29 is 9.53 Å². The second-order valence-electron chi connectivity index (χ2n) is 3.90. The average Bonchev–Trinajstić information content (AvgIpc) is 2.82. The van der Waals surface area contributed by atoms with Crippen LogP contribution in [0.4, 0.5) is 0 Å². The largest absolute Gasteiger partial charge is 0.385 e. The molecule has 0 saturated heterocycles. The van der Waals surface area contributed by atoms with Gasteiger partial charge in [0, 0.05) is 24.0 Å². The zero-order chi connectivity index (χ0) is 12.3. The fraction of sp³-hybridized carbons (Fsp3) is 0.308. The van der Waals surface area contributed by atoms with Gasteiger partial charge in [-0.15, -0.1) is 11.3 Å². The Kier molecular flexibility index (Phi) is 3.89. The van der Waals surface area contributed by atoms with Gasteiger partial charge in [0.25, 0.3) is 0 Å². The first-order valence-electron chi connectivity index (χ1n) is 5.49. The Bertz CT molecular complexity index is 521. The Morgan fingerprint density at radius 2 is 2.29 bits per heavy atom. The molecule has 0 amide bonds. The van der Waals surface area contributed by atoms with Crippen LogP contribution in [0.25, 0.3) is 10.1 Å². The number of methoxy groups -OCH3 is 1.